The van der Waals surface area contributed by atoms with Crippen molar-refractivity contribution in [3.63, 3.8) is 0 Å². The van der Waals surface area contributed by atoms with Crippen molar-refractivity contribution in [2.75, 3.05) is 22.5 Å². The molecular formula is C4H9Cl4P. The Morgan fingerprint density at radius 2 is 0.889 bits per heavy atom. The van der Waals surface area contributed by atoms with E-state index in [2.05, 4.69) is 0 Å². The van der Waals surface area contributed by atoms with Gasteiger partial charge in [-0.05, 0) is 0 Å². The second-order valence-corrected chi connectivity index (χ2v) is 9.31. The van der Waals surface area contributed by atoms with E-state index >= 15 is 0 Å². The van der Waals surface area contributed by atoms with Gasteiger partial charge in [0.05, 0.1) is 0 Å². The molecule has 0 saturated heterocycles. The molecular weight excluding hydrogens is 221 g/mol. The average Bonchev–Trinajstić information content (AvgIpc) is 1.95. The molecule has 0 atom stereocenters. The fraction of sp³-hybridized carbons (Fsp3) is 1.00. The summed E-state index contributed by atoms with van der Waals surface area (Å²) in [7, 11) is -1.63. The van der Waals surface area contributed by atoms with Crippen molar-refractivity contribution in [2.45, 2.75) is 0 Å². The molecule has 0 unspecified atom stereocenters. The molecule has 0 amide bonds. The van der Waals surface area contributed by atoms with Crippen LogP contribution in [0.5, 0.6) is 0 Å². The molecule has 0 aromatic heterocycles. The van der Waals surface area contributed by atoms with Gasteiger partial charge in [0.1, 0.15) is 0 Å². The number of hydrogen-bond acceptors (Lipinski definition) is 0. The number of hydrogen-bond donors (Lipinski definition) is 0. The van der Waals surface area contributed by atoms with Crippen LogP contribution in [0, 0.1) is 0 Å². The van der Waals surface area contributed by atoms with Gasteiger partial charge in [-0.1, -0.05) is 0 Å². The monoisotopic (exact) mass is 228 g/mol. The van der Waals surface area contributed by atoms with Gasteiger partial charge in [0.25, 0.3) is 0 Å². The summed E-state index contributed by atoms with van der Waals surface area (Å²) in [5, 5.41) is 0. The van der Waals surface area contributed by atoms with Gasteiger partial charge in [-0.25, -0.2) is 0 Å². The summed E-state index contributed by atoms with van der Waals surface area (Å²) in [5.74, 6) is 0. The predicted molar refractivity (Wildman–Crippen MR) is 51.2 cm³/mol. The number of halogens is 4. The van der Waals surface area contributed by atoms with Gasteiger partial charge in [-0.2, -0.15) is 0 Å². The zero-order chi connectivity index (χ0) is 7.33. The molecule has 5 heteroatoms. The van der Waals surface area contributed by atoms with Crippen LogP contribution in [0.25, 0.3) is 0 Å². The molecule has 0 N–H and O–H groups in total. The van der Waals surface area contributed by atoms with Crippen LogP contribution in [-0.2, 0) is 0 Å². The van der Waals surface area contributed by atoms with Gasteiger partial charge in [0.15, 0.2) is 0 Å². The Bertz CT molecular complexity index is 55.5. The molecule has 0 bridgehead atoms. The van der Waals surface area contributed by atoms with Crippen molar-refractivity contribution in [1.82, 2.24) is 0 Å². The predicted octanol–water partition coefficient (Wildman–Crippen LogP) is 3.52. The van der Waals surface area contributed by atoms with Crippen LogP contribution in [0.4, 0.5) is 0 Å². The Kier molecular flexibility index (Phi) is 6.20. The maximum atomic E-state index is 5.63. The Balaban J connectivity index is 3.82. The standard InChI is InChI=1S/C4H9Cl4P/c5-1-9(2-6,3-7)4-8/h9H,1-4H2. The molecule has 0 rings (SSSR count). The fourth-order valence-corrected chi connectivity index (χ4v) is 5.79. The summed E-state index contributed by atoms with van der Waals surface area (Å²) in [6.45, 7) is 0. The number of rotatable bonds is 4. The molecule has 9 heavy (non-hydrogen) atoms. The van der Waals surface area contributed by atoms with Crippen molar-refractivity contribution in [3.8, 4) is 0 Å². The third-order valence-electron chi connectivity index (χ3n) is 1.13. The SMILES string of the molecule is ClC[PH](CCl)(CCl)CCl. The topological polar surface area (TPSA) is 0 Å². The van der Waals surface area contributed by atoms with E-state index in [4.69, 9.17) is 46.4 Å². The zero-order valence-corrected chi connectivity index (χ0v) is 8.86. The number of alkyl halides is 4. The van der Waals surface area contributed by atoms with E-state index < -0.39 is 7.26 Å². The summed E-state index contributed by atoms with van der Waals surface area (Å²) in [6.07, 6.45) is 0. The molecule has 0 fully saturated rings. The molecule has 0 aromatic rings. The van der Waals surface area contributed by atoms with Crippen molar-refractivity contribution < 1.29 is 0 Å². The van der Waals surface area contributed by atoms with Crippen LogP contribution in [0.1, 0.15) is 0 Å². The average molecular weight is 230 g/mol. The third kappa shape index (κ3) is 2.99. The minimum absolute atomic E-state index is 0.559. The van der Waals surface area contributed by atoms with Gasteiger partial charge in [-0.15, -0.1) is 0 Å². The molecule has 0 nitrogen and oxygen atoms in total. The molecule has 0 spiro atoms. The summed E-state index contributed by atoms with van der Waals surface area (Å²) >= 11 is 22.5. The third-order valence-corrected chi connectivity index (χ3v) is 10.2. The summed E-state index contributed by atoms with van der Waals surface area (Å²) < 4.78 is 0. The molecule has 0 heterocycles. The van der Waals surface area contributed by atoms with Crippen molar-refractivity contribution >= 4 is 53.7 Å². The van der Waals surface area contributed by atoms with E-state index in [0.29, 0.717) is 22.5 Å². The Morgan fingerprint density at radius 3 is 0.889 bits per heavy atom. The summed E-state index contributed by atoms with van der Waals surface area (Å²) in [4.78, 5) is 0. The van der Waals surface area contributed by atoms with Crippen LogP contribution in [0.2, 0.25) is 0 Å². The van der Waals surface area contributed by atoms with E-state index in [9.17, 15) is 0 Å². The van der Waals surface area contributed by atoms with E-state index in [0.717, 1.165) is 0 Å². The van der Waals surface area contributed by atoms with Crippen LogP contribution >= 0.6 is 53.7 Å². The normalized spacial score (nSPS) is 13.8. The van der Waals surface area contributed by atoms with Gasteiger partial charge in [0.2, 0.25) is 0 Å². The zero-order valence-electron chi connectivity index (χ0n) is 4.84. The van der Waals surface area contributed by atoms with Crippen molar-refractivity contribution in [1.29, 1.82) is 0 Å². The second-order valence-electron chi connectivity index (χ2n) is 2.03. The van der Waals surface area contributed by atoms with Gasteiger partial charge >= 0.3 is 76.2 Å². The Labute approximate surface area is 76.1 Å². The van der Waals surface area contributed by atoms with Crippen molar-refractivity contribution in [2.24, 2.45) is 0 Å². The van der Waals surface area contributed by atoms with E-state index in [1.54, 1.807) is 0 Å². The molecule has 0 aliphatic rings. The van der Waals surface area contributed by atoms with E-state index in [1.807, 2.05) is 0 Å². The first-order valence-electron chi connectivity index (χ1n) is 2.48. The minimum atomic E-state index is -1.63. The molecule has 0 saturated carbocycles. The first-order valence-corrected chi connectivity index (χ1v) is 7.45. The van der Waals surface area contributed by atoms with Gasteiger partial charge in [-0.3, -0.25) is 0 Å². The molecule has 58 valence electrons. The van der Waals surface area contributed by atoms with Crippen LogP contribution in [0.3, 0.4) is 0 Å². The molecule has 0 radical (unpaired) electrons. The molecule has 0 aromatic carbocycles. The van der Waals surface area contributed by atoms with Crippen LogP contribution in [0.15, 0.2) is 0 Å². The van der Waals surface area contributed by atoms with Crippen LogP contribution < -0.4 is 0 Å². The Hall–Kier alpha value is 1.59. The molecule has 0 aliphatic carbocycles. The van der Waals surface area contributed by atoms with Crippen LogP contribution in [-0.4, -0.2) is 22.5 Å². The maximum absolute atomic E-state index is 5.63. The van der Waals surface area contributed by atoms with E-state index in [1.165, 1.54) is 0 Å². The van der Waals surface area contributed by atoms with E-state index in [-0.39, 0.29) is 0 Å². The quantitative estimate of drug-likeness (QED) is 0.511. The fourth-order valence-electron chi connectivity index (χ4n) is 0.214. The summed E-state index contributed by atoms with van der Waals surface area (Å²) in [6, 6.07) is 0. The van der Waals surface area contributed by atoms with Gasteiger partial charge in [0, 0.05) is 0 Å². The Morgan fingerprint density at radius 1 is 0.667 bits per heavy atom. The first-order chi connectivity index (χ1) is 4.24. The summed E-state index contributed by atoms with van der Waals surface area (Å²) in [5.41, 5.74) is 2.24. The molecule has 0 aliphatic heterocycles. The second kappa shape index (κ2) is 5.27. The van der Waals surface area contributed by atoms with Crippen molar-refractivity contribution in [3.05, 3.63) is 0 Å². The van der Waals surface area contributed by atoms with Gasteiger partial charge < -0.3 is 0 Å². The first kappa shape index (κ1) is 10.6.